The smallest absolute Gasteiger partial charge is 0.283 e. The summed E-state index contributed by atoms with van der Waals surface area (Å²) in [6, 6.07) is 10.1. The van der Waals surface area contributed by atoms with E-state index in [9.17, 15) is 14.9 Å². The highest BCUT2D eigenvalue weighted by atomic mass is 32.2. The van der Waals surface area contributed by atoms with Gasteiger partial charge < -0.3 is 14.4 Å². The van der Waals surface area contributed by atoms with Crippen molar-refractivity contribution in [2.45, 2.75) is 25.3 Å². The van der Waals surface area contributed by atoms with Gasteiger partial charge in [0.1, 0.15) is 0 Å². The van der Waals surface area contributed by atoms with Crippen LogP contribution in [0.4, 0.5) is 5.69 Å². The topological polar surface area (TPSA) is 81.9 Å². The molecule has 0 aliphatic heterocycles. The fourth-order valence-electron chi connectivity index (χ4n) is 2.78. The molecular weight excluding hydrogens is 380 g/mol. The molecular formula is C20H24N2O5S. The lowest BCUT2D eigenvalue weighted by atomic mass is 10.1. The Balaban J connectivity index is 2.27. The summed E-state index contributed by atoms with van der Waals surface area (Å²) in [7, 11) is 1.57. The summed E-state index contributed by atoms with van der Waals surface area (Å²) < 4.78 is 10.9. The van der Waals surface area contributed by atoms with Crippen molar-refractivity contribution in [3.05, 3.63) is 57.6 Å². The summed E-state index contributed by atoms with van der Waals surface area (Å²) >= 11 is 1.28. The molecule has 2 rings (SSSR count). The lowest BCUT2D eigenvalue weighted by Gasteiger charge is -2.22. The van der Waals surface area contributed by atoms with E-state index in [1.165, 1.54) is 17.8 Å². The van der Waals surface area contributed by atoms with Crippen LogP contribution in [0.15, 0.2) is 41.3 Å². The number of ether oxygens (including phenoxy) is 2. The first kappa shape index (κ1) is 21.6. The summed E-state index contributed by atoms with van der Waals surface area (Å²) in [5.74, 6) is 0.986. The second kappa shape index (κ2) is 9.98. The molecule has 8 heteroatoms. The van der Waals surface area contributed by atoms with Gasteiger partial charge in [0.2, 0.25) is 0 Å². The summed E-state index contributed by atoms with van der Waals surface area (Å²) in [4.78, 5) is 25.9. The molecule has 0 spiro atoms. The standard InChI is InChI=1S/C20H24N2O5S/c1-5-21(13-14-7-9-17(27-6-2)18(11-14)26-3)20(23)15-8-10-19(28-4)16(12-15)22(24)25/h7-12H,5-6,13H2,1-4H3. The van der Waals surface area contributed by atoms with Crippen LogP contribution in [-0.4, -0.2) is 42.2 Å². The second-order valence-corrected chi connectivity index (χ2v) is 6.73. The molecule has 7 nitrogen and oxygen atoms in total. The van der Waals surface area contributed by atoms with Crippen molar-refractivity contribution in [2.75, 3.05) is 26.5 Å². The van der Waals surface area contributed by atoms with E-state index in [0.29, 0.717) is 41.7 Å². The molecule has 0 atom stereocenters. The third kappa shape index (κ3) is 4.95. The van der Waals surface area contributed by atoms with Crippen molar-refractivity contribution >= 4 is 23.4 Å². The number of methoxy groups -OCH3 is 1. The normalized spacial score (nSPS) is 10.4. The van der Waals surface area contributed by atoms with Crippen LogP contribution in [0.5, 0.6) is 11.5 Å². The molecule has 0 heterocycles. The summed E-state index contributed by atoms with van der Waals surface area (Å²) in [6.07, 6.45) is 1.77. The van der Waals surface area contributed by atoms with Gasteiger partial charge in [0, 0.05) is 24.7 Å². The average Bonchev–Trinajstić information content (AvgIpc) is 2.71. The van der Waals surface area contributed by atoms with E-state index in [1.54, 1.807) is 30.4 Å². The van der Waals surface area contributed by atoms with Crippen LogP contribution in [0.1, 0.15) is 29.8 Å². The van der Waals surface area contributed by atoms with Crippen LogP contribution < -0.4 is 9.47 Å². The molecule has 0 bridgehead atoms. The van der Waals surface area contributed by atoms with Gasteiger partial charge in [-0.05, 0) is 49.9 Å². The molecule has 0 fully saturated rings. The SMILES string of the molecule is CCOc1ccc(CN(CC)C(=O)c2ccc(SC)c([N+](=O)[O-])c2)cc1OC. The van der Waals surface area contributed by atoms with Crippen molar-refractivity contribution < 1.29 is 19.2 Å². The van der Waals surface area contributed by atoms with E-state index >= 15 is 0 Å². The molecule has 0 N–H and O–H groups in total. The molecule has 0 aliphatic carbocycles. The number of benzene rings is 2. The summed E-state index contributed by atoms with van der Waals surface area (Å²) in [6.45, 7) is 5.11. The number of nitrogens with zero attached hydrogens (tertiary/aromatic N) is 2. The third-order valence-corrected chi connectivity index (χ3v) is 4.98. The highest BCUT2D eigenvalue weighted by molar-refractivity contribution is 7.98. The van der Waals surface area contributed by atoms with Crippen molar-refractivity contribution in [1.29, 1.82) is 0 Å². The van der Waals surface area contributed by atoms with Gasteiger partial charge in [0.15, 0.2) is 11.5 Å². The number of carbonyl (C=O) groups excluding carboxylic acids is 1. The van der Waals surface area contributed by atoms with Crippen molar-refractivity contribution in [3.63, 3.8) is 0 Å². The maximum Gasteiger partial charge on any atom is 0.283 e. The van der Waals surface area contributed by atoms with E-state index in [-0.39, 0.29) is 11.6 Å². The Bertz CT molecular complexity index is 856. The zero-order valence-corrected chi connectivity index (χ0v) is 17.2. The van der Waals surface area contributed by atoms with Gasteiger partial charge in [0.05, 0.1) is 23.5 Å². The Labute approximate surface area is 168 Å². The molecule has 2 aromatic rings. The van der Waals surface area contributed by atoms with Gasteiger partial charge >= 0.3 is 0 Å². The first-order valence-electron chi connectivity index (χ1n) is 8.86. The van der Waals surface area contributed by atoms with Gasteiger partial charge in [-0.1, -0.05) is 6.07 Å². The molecule has 1 amide bonds. The Kier molecular flexibility index (Phi) is 7.69. The van der Waals surface area contributed by atoms with Gasteiger partial charge in [-0.3, -0.25) is 14.9 Å². The van der Waals surface area contributed by atoms with E-state index in [0.717, 1.165) is 5.56 Å². The third-order valence-electron chi connectivity index (χ3n) is 4.19. The maximum atomic E-state index is 12.9. The number of hydrogen-bond donors (Lipinski definition) is 0. The number of rotatable bonds is 9. The Morgan fingerprint density at radius 2 is 1.93 bits per heavy atom. The number of amides is 1. The first-order valence-corrected chi connectivity index (χ1v) is 10.1. The van der Waals surface area contributed by atoms with Crippen molar-refractivity contribution in [1.82, 2.24) is 4.90 Å². The number of nitro benzene ring substituents is 1. The van der Waals surface area contributed by atoms with Crippen LogP contribution in [-0.2, 0) is 6.54 Å². The number of thioether (sulfide) groups is 1. The molecule has 2 aromatic carbocycles. The predicted molar refractivity (Wildman–Crippen MR) is 109 cm³/mol. The Morgan fingerprint density at radius 3 is 2.50 bits per heavy atom. The fraction of sp³-hybridized carbons (Fsp3) is 0.350. The van der Waals surface area contributed by atoms with Crippen LogP contribution >= 0.6 is 11.8 Å². The predicted octanol–water partition coefficient (Wildman–Crippen LogP) is 4.39. The lowest BCUT2D eigenvalue weighted by Crippen LogP contribution is -2.30. The monoisotopic (exact) mass is 404 g/mol. The molecule has 0 aliphatic rings. The van der Waals surface area contributed by atoms with E-state index in [1.807, 2.05) is 32.0 Å². The summed E-state index contributed by atoms with van der Waals surface area (Å²) in [5.41, 5.74) is 1.12. The zero-order valence-electron chi connectivity index (χ0n) is 16.4. The molecule has 28 heavy (non-hydrogen) atoms. The van der Waals surface area contributed by atoms with Gasteiger partial charge in [-0.15, -0.1) is 11.8 Å². The highest BCUT2D eigenvalue weighted by Gasteiger charge is 2.21. The Morgan fingerprint density at radius 1 is 1.18 bits per heavy atom. The average molecular weight is 404 g/mol. The van der Waals surface area contributed by atoms with Gasteiger partial charge in [-0.2, -0.15) is 0 Å². The molecule has 0 unspecified atom stereocenters. The quantitative estimate of drug-likeness (QED) is 0.350. The maximum absolute atomic E-state index is 12.9. The van der Waals surface area contributed by atoms with Crippen LogP contribution in [0.2, 0.25) is 0 Å². The highest BCUT2D eigenvalue weighted by Crippen LogP contribution is 2.30. The molecule has 0 saturated carbocycles. The first-order chi connectivity index (χ1) is 13.4. The minimum atomic E-state index is -0.462. The van der Waals surface area contributed by atoms with Crippen molar-refractivity contribution in [3.8, 4) is 11.5 Å². The van der Waals surface area contributed by atoms with Crippen LogP contribution in [0.25, 0.3) is 0 Å². The van der Waals surface area contributed by atoms with E-state index in [4.69, 9.17) is 9.47 Å². The van der Waals surface area contributed by atoms with Gasteiger partial charge in [0.25, 0.3) is 11.6 Å². The minimum Gasteiger partial charge on any atom is -0.493 e. The zero-order chi connectivity index (χ0) is 20.7. The Hall–Kier alpha value is -2.74. The number of nitro groups is 1. The van der Waals surface area contributed by atoms with E-state index < -0.39 is 4.92 Å². The molecule has 0 saturated heterocycles. The lowest BCUT2D eigenvalue weighted by molar-refractivity contribution is -0.387. The van der Waals surface area contributed by atoms with E-state index in [2.05, 4.69) is 0 Å². The minimum absolute atomic E-state index is 0.0582. The molecule has 0 radical (unpaired) electrons. The molecule has 150 valence electrons. The molecule has 0 aromatic heterocycles. The summed E-state index contributed by atoms with van der Waals surface area (Å²) in [5, 5.41) is 11.3. The van der Waals surface area contributed by atoms with Crippen LogP contribution in [0.3, 0.4) is 0 Å². The number of carbonyl (C=O) groups is 1. The number of hydrogen-bond acceptors (Lipinski definition) is 6. The van der Waals surface area contributed by atoms with Crippen LogP contribution in [0, 0.1) is 10.1 Å². The second-order valence-electron chi connectivity index (χ2n) is 5.88. The largest absolute Gasteiger partial charge is 0.493 e. The van der Waals surface area contributed by atoms with Gasteiger partial charge in [-0.25, -0.2) is 0 Å². The van der Waals surface area contributed by atoms with Crippen molar-refractivity contribution in [2.24, 2.45) is 0 Å². The fourth-order valence-corrected chi connectivity index (χ4v) is 3.33.